The molecule has 3 aromatic heterocycles. The molecule has 1 amide bonds. The molecule has 0 unspecified atom stereocenters. The Bertz CT molecular complexity index is 1350. The van der Waals surface area contributed by atoms with E-state index in [0.717, 1.165) is 4.90 Å². The molecule has 13 heteroatoms. The second kappa shape index (κ2) is 7.12. The van der Waals surface area contributed by atoms with Gasteiger partial charge in [-0.2, -0.15) is 26.3 Å². The van der Waals surface area contributed by atoms with E-state index in [1.165, 1.54) is 30.6 Å². The van der Waals surface area contributed by atoms with E-state index in [1.807, 2.05) is 0 Å². The minimum absolute atomic E-state index is 0.0345. The summed E-state index contributed by atoms with van der Waals surface area (Å²) in [6.07, 6.45) is -8.08. The highest BCUT2D eigenvalue weighted by molar-refractivity contribution is 5.93. The Morgan fingerprint density at radius 3 is 2.58 bits per heavy atom. The SMILES string of the molecule is O=C(c1ocnc1C(F)(F)F)N1CCc2[nH]cnc2[C@@H]1c1oc2ccccc2c1C(F)(F)F. The maximum atomic E-state index is 14.1. The zero-order chi connectivity index (χ0) is 23.5. The van der Waals surface area contributed by atoms with Crippen molar-refractivity contribution in [2.75, 3.05) is 6.54 Å². The van der Waals surface area contributed by atoms with Crippen molar-refractivity contribution in [3.63, 3.8) is 0 Å². The highest BCUT2D eigenvalue weighted by atomic mass is 19.4. The molecule has 172 valence electrons. The van der Waals surface area contributed by atoms with Gasteiger partial charge in [-0.1, -0.05) is 18.2 Å². The Kier molecular flexibility index (Phi) is 4.55. The molecule has 1 atom stereocenters. The van der Waals surface area contributed by atoms with Gasteiger partial charge in [-0.3, -0.25) is 4.79 Å². The van der Waals surface area contributed by atoms with Crippen molar-refractivity contribution in [3.8, 4) is 0 Å². The molecule has 0 saturated carbocycles. The van der Waals surface area contributed by atoms with Gasteiger partial charge in [0.05, 0.1) is 12.0 Å². The fourth-order valence-electron chi connectivity index (χ4n) is 4.04. The summed E-state index contributed by atoms with van der Waals surface area (Å²) in [6.45, 7) is -0.217. The summed E-state index contributed by atoms with van der Waals surface area (Å²) in [4.78, 5) is 23.9. The van der Waals surface area contributed by atoms with E-state index < -0.39 is 47.1 Å². The van der Waals surface area contributed by atoms with Gasteiger partial charge < -0.3 is 18.7 Å². The number of fused-ring (bicyclic) bond motifs is 2. The molecular weight excluding hydrogens is 458 g/mol. The molecule has 0 aliphatic carbocycles. The van der Waals surface area contributed by atoms with Crippen LogP contribution < -0.4 is 0 Å². The highest BCUT2D eigenvalue weighted by Gasteiger charge is 2.48. The monoisotopic (exact) mass is 470 g/mol. The van der Waals surface area contributed by atoms with Crippen molar-refractivity contribution in [1.29, 1.82) is 0 Å². The molecule has 5 rings (SSSR count). The lowest BCUT2D eigenvalue weighted by molar-refractivity contribution is -0.141. The summed E-state index contributed by atoms with van der Waals surface area (Å²) in [5, 5.41) is -0.245. The number of carbonyl (C=O) groups is 1. The molecule has 0 bridgehead atoms. The molecular formula is C20H12F6N4O3. The molecule has 0 saturated heterocycles. The number of aromatic amines is 1. The van der Waals surface area contributed by atoms with Crippen molar-refractivity contribution in [1.82, 2.24) is 19.9 Å². The van der Waals surface area contributed by atoms with Crippen LogP contribution in [0.15, 0.2) is 45.8 Å². The summed E-state index contributed by atoms with van der Waals surface area (Å²) in [7, 11) is 0. The first kappa shape index (κ1) is 21.1. The molecule has 0 spiro atoms. The van der Waals surface area contributed by atoms with Crippen LogP contribution in [0.2, 0.25) is 0 Å². The number of nitrogens with zero attached hydrogens (tertiary/aromatic N) is 3. The Balaban J connectivity index is 1.72. The quantitative estimate of drug-likeness (QED) is 0.418. The van der Waals surface area contributed by atoms with E-state index in [9.17, 15) is 31.1 Å². The van der Waals surface area contributed by atoms with E-state index in [2.05, 4.69) is 15.0 Å². The van der Waals surface area contributed by atoms with Crippen LogP contribution in [0, 0.1) is 0 Å². The van der Waals surface area contributed by atoms with Crippen molar-refractivity contribution >= 4 is 16.9 Å². The third kappa shape index (κ3) is 3.34. The fraction of sp³-hybridized carbons (Fsp3) is 0.250. The molecule has 0 radical (unpaired) electrons. The highest BCUT2D eigenvalue weighted by Crippen LogP contribution is 2.46. The Morgan fingerprint density at radius 2 is 1.85 bits per heavy atom. The molecule has 1 aliphatic rings. The van der Waals surface area contributed by atoms with E-state index in [0.29, 0.717) is 12.1 Å². The first-order chi connectivity index (χ1) is 15.6. The van der Waals surface area contributed by atoms with Gasteiger partial charge in [-0.25, -0.2) is 9.97 Å². The van der Waals surface area contributed by atoms with E-state index in [-0.39, 0.29) is 29.6 Å². The van der Waals surface area contributed by atoms with Gasteiger partial charge in [-0.15, -0.1) is 0 Å². The summed E-state index contributed by atoms with van der Waals surface area (Å²) < 4.78 is 92.5. The summed E-state index contributed by atoms with van der Waals surface area (Å²) in [6, 6.07) is 3.85. The summed E-state index contributed by atoms with van der Waals surface area (Å²) in [5.41, 5.74) is -2.32. The van der Waals surface area contributed by atoms with Gasteiger partial charge in [0.25, 0.3) is 5.91 Å². The van der Waals surface area contributed by atoms with Crippen LogP contribution in [-0.4, -0.2) is 32.3 Å². The Morgan fingerprint density at radius 1 is 1.09 bits per heavy atom. The molecule has 1 N–H and O–H groups in total. The largest absolute Gasteiger partial charge is 0.458 e. The molecule has 1 aromatic carbocycles. The van der Waals surface area contributed by atoms with Gasteiger partial charge in [0.2, 0.25) is 5.76 Å². The normalized spacial score (nSPS) is 16.9. The number of alkyl halides is 6. The molecule has 4 heterocycles. The maximum absolute atomic E-state index is 14.1. The van der Waals surface area contributed by atoms with Crippen molar-refractivity contribution in [2.24, 2.45) is 0 Å². The number of rotatable bonds is 2. The number of nitrogens with one attached hydrogen (secondary N) is 1. The molecule has 1 aliphatic heterocycles. The predicted octanol–water partition coefficient (Wildman–Crippen LogP) is 4.97. The molecule has 4 aromatic rings. The van der Waals surface area contributed by atoms with Crippen molar-refractivity contribution < 1.29 is 40.0 Å². The second-order valence-electron chi connectivity index (χ2n) is 7.28. The standard InChI is InChI=1S/C20H12F6N4O3/c21-19(22,23)12-9-3-1-2-4-11(9)33-15(12)14-13-10(27-7-28-13)5-6-30(14)18(31)16-17(20(24,25)26)29-8-32-16/h1-4,7-8,14H,5-6H2,(H,27,28)/t14-/m1/s1. The zero-order valence-electron chi connectivity index (χ0n) is 16.3. The summed E-state index contributed by atoms with van der Waals surface area (Å²) in [5.74, 6) is -3.07. The van der Waals surface area contributed by atoms with E-state index in [4.69, 9.17) is 8.83 Å². The third-order valence-electron chi connectivity index (χ3n) is 5.37. The minimum atomic E-state index is -5.00. The average Bonchev–Trinajstić information content (AvgIpc) is 3.48. The van der Waals surface area contributed by atoms with Gasteiger partial charge >= 0.3 is 12.4 Å². The van der Waals surface area contributed by atoms with Gasteiger partial charge in [0, 0.05) is 24.0 Å². The lowest BCUT2D eigenvalue weighted by Crippen LogP contribution is -2.41. The number of para-hydroxylation sites is 1. The number of hydrogen-bond acceptors (Lipinski definition) is 5. The van der Waals surface area contributed by atoms with Crippen LogP contribution in [0.5, 0.6) is 0 Å². The maximum Gasteiger partial charge on any atom is 0.437 e. The summed E-state index contributed by atoms with van der Waals surface area (Å²) >= 11 is 0. The Labute approximate surface area is 180 Å². The fourth-order valence-corrected chi connectivity index (χ4v) is 4.04. The topological polar surface area (TPSA) is 88.2 Å². The average molecular weight is 470 g/mol. The third-order valence-corrected chi connectivity index (χ3v) is 5.37. The predicted molar refractivity (Wildman–Crippen MR) is 97.9 cm³/mol. The first-order valence-corrected chi connectivity index (χ1v) is 9.49. The number of H-pyrrole nitrogens is 1. The smallest absolute Gasteiger partial charge is 0.437 e. The van der Waals surface area contributed by atoms with Crippen LogP contribution in [-0.2, 0) is 18.8 Å². The molecule has 7 nitrogen and oxygen atoms in total. The number of imidazole rings is 1. The number of hydrogen-bond donors (Lipinski definition) is 1. The number of furan rings is 1. The number of aromatic nitrogens is 3. The molecule has 0 fully saturated rings. The zero-order valence-corrected chi connectivity index (χ0v) is 16.3. The Hall–Kier alpha value is -3.77. The minimum Gasteiger partial charge on any atom is -0.458 e. The number of halogens is 6. The first-order valence-electron chi connectivity index (χ1n) is 9.49. The van der Waals surface area contributed by atoms with Crippen LogP contribution in [0.1, 0.15) is 45.0 Å². The van der Waals surface area contributed by atoms with Crippen LogP contribution >= 0.6 is 0 Å². The number of benzene rings is 1. The lowest BCUT2D eigenvalue weighted by Gasteiger charge is -2.34. The van der Waals surface area contributed by atoms with Crippen LogP contribution in [0.25, 0.3) is 11.0 Å². The number of oxazole rings is 1. The lowest BCUT2D eigenvalue weighted by atomic mass is 9.96. The van der Waals surface area contributed by atoms with Gasteiger partial charge in [-0.05, 0) is 6.07 Å². The van der Waals surface area contributed by atoms with Crippen molar-refractivity contribution in [3.05, 3.63) is 71.2 Å². The number of amides is 1. The number of carbonyl (C=O) groups excluding carboxylic acids is 1. The van der Waals surface area contributed by atoms with E-state index >= 15 is 0 Å². The van der Waals surface area contributed by atoms with Gasteiger partial charge in [0.15, 0.2) is 12.1 Å². The van der Waals surface area contributed by atoms with Crippen LogP contribution in [0.3, 0.4) is 0 Å². The molecule has 33 heavy (non-hydrogen) atoms. The van der Waals surface area contributed by atoms with Gasteiger partial charge in [0.1, 0.15) is 22.9 Å². The second-order valence-corrected chi connectivity index (χ2v) is 7.28. The van der Waals surface area contributed by atoms with Crippen LogP contribution in [0.4, 0.5) is 26.3 Å². The van der Waals surface area contributed by atoms with E-state index in [1.54, 1.807) is 0 Å². The van der Waals surface area contributed by atoms with Crippen molar-refractivity contribution in [2.45, 2.75) is 24.8 Å².